The first-order chi connectivity index (χ1) is 15.9. The van der Waals surface area contributed by atoms with Crippen LogP contribution in [0.5, 0.6) is 0 Å². The molecule has 7 heteroatoms. The average molecular weight is 447 g/mol. The lowest BCUT2D eigenvalue weighted by molar-refractivity contribution is -0.148. The molecule has 2 amide bonds. The minimum Gasteiger partial charge on any atom is -0.349 e. The number of imide groups is 1. The van der Waals surface area contributed by atoms with E-state index in [0.29, 0.717) is 18.4 Å². The molecule has 1 saturated carbocycles. The van der Waals surface area contributed by atoms with Gasteiger partial charge in [0.1, 0.15) is 5.82 Å². The molecule has 0 radical (unpaired) electrons. The first-order valence-corrected chi connectivity index (χ1v) is 11.4. The van der Waals surface area contributed by atoms with Crippen LogP contribution in [0.2, 0.25) is 0 Å². The Morgan fingerprint density at radius 1 is 0.818 bits per heavy atom. The lowest BCUT2D eigenvalue weighted by atomic mass is 9.77. The van der Waals surface area contributed by atoms with Gasteiger partial charge in [-0.3, -0.25) is 24.1 Å². The Bertz CT molecular complexity index is 1160. The van der Waals surface area contributed by atoms with Gasteiger partial charge in [-0.1, -0.05) is 55.7 Å². The Hall–Kier alpha value is -3.19. The molecule has 0 unspecified atom stereocenters. The molecule has 2 aromatic rings. The van der Waals surface area contributed by atoms with Crippen LogP contribution < -0.4 is 0 Å². The first-order valence-electron chi connectivity index (χ1n) is 11.4. The van der Waals surface area contributed by atoms with Crippen molar-refractivity contribution < 1.29 is 28.3 Å². The SMILES string of the molecule is O=C1[C@@H]2[C@@H](C(=O)N1C1CCCCC1)C1(O[C@H]2c2ccc(F)cc2)C(=O)c2ccccc2C1=O. The summed E-state index contributed by atoms with van der Waals surface area (Å²) in [6.07, 6.45) is 3.33. The molecule has 2 saturated heterocycles. The lowest BCUT2D eigenvalue weighted by Gasteiger charge is -2.33. The highest BCUT2D eigenvalue weighted by atomic mass is 19.1. The van der Waals surface area contributed by atoms with Gasteiger partial charge in [0.25, 0.3) is 0 Å². The second-order valence-electron chi connectivity index (χ2n) is 9.37. The van der Waals surface area contributed by atoms with Crippen LogP contribution in [-0.4, -0.2) is 39.9 Å². The van der Waals surface area contributed by atoms with Crippen molar-refractivity contribution in [1.82, 2.24) is 4.90 Å². The minimum atomic E-state index is -2.07. The van der Waals surface area contributed by atoms with Gasteiger partial charge in [-0.2, -0.15) is 0 Å². The zero-order valence-corrected chi connectivity index (χ0v) is 17.8. The number of fused-ring (bicyclic) bond motifs is 3. The molecule has 0 aromatic heterocycles. The van der Waals surface area contributed by atoms with Crippen molar-refractivity contribution in [3.8, 4) is 0 Å². The highest BCUT2D eigenvalue weighted by Crippen LogP contribution is 2.57. The molecular formula is C26H22FNO5. The topological polar surface area (TPSA) is 80.8 Å². The van der Waals surface area contributed by atoms with E-state index in [1.54, 1.807) is 24.3 Å². The number of rotatable bonds is 2. The number of Topliss-reactive ketones (excluding diaryl/α,β-unsaturated/α-hetero) is 2. The predicted molar refractivity (Wildman–Crippen MR) is 114 cm³/mol. The summed E-state index contributed by atoms with van der Waals surface area (Å²) < 4.78 is 19.8. The number of amides is 2. The zero-order valence-electron chi connectivity index (χ0n) is 17.8. The summed E-state index contributed by atoms with van der Waals surface area (Å²) in [5.74, 6) is -4.75. The molecule has 2 heterocycles. The lowest BCUT2D eigenvalue weighted by Crippen LogP contribution is -2.52. The molecule has 3 atom stereocenters. The van der Waals surface area contributed by atoms with Gasteiger partial charge < -0.3 is 4.74 Å². The second kappa shape index (κ2) is 7.15. The van der Waals surface area contributed by atoms with Crippen LogP contribution >= 0.6 is 0 Å². The number of carbonyl (C=O) groups excluding carboxylic acids is 4. The fourth-order valence-electron chi connectivity index (χ4n) is 6.19. The van der Waals surface area contributed by atoms with Crippen LogP contribution in [0.1, 0.15) is 64.5 Å². The number of halogens is 1. The number of carbonyl (C=O) groups is 4. The maximum absolute atomic E-state index is 13.8. The Kier molecular flexibility index (Phi) is 4.43. The fourth-order valence-corrected chi connectivity index (χ4v) is 6.19. The van der Waals surface area contributed by atoms with Gasteiger partial charge in [0, 0.05) is 17.2 Å². The summed E-state index contributed by atoms with van der Waals surface area (Å²) in [4.78, 5) is 56.1. The molecule has 168 valence electrons. The Labute approximate surface area is 189 Å². The Morgan fingerprint density at radius 3 is 2.03 bits per heavy atom. The van der Waals surface area contributed by atoms with E-state index < -0.39 is 52.7 Å². The molecule has 0 bridgehead atoms. The van der Waals surface area contributed by atoms with Gasteiger partial charge >= 0.3 is 0 Å². The zero-order chi connectivity index (χ0) is 22.9. The third-order valence-electron chi connectivity index (χ3n) is 7.69. The van der Waals surface area contributed by atoms with Crippen LogP contribution in [0, 0.1) is 17.7 Å². The van der Waals surface area contributed by atoms with Crippen molar-refractivity contribution in [3.63, 3.8) is 0 Å². The van der Waals surface area contributed by atoms with Gasteiger partial charge in [0.2, 0.25) is 29.0 Å². The predicted octanol–water partition coefficient (Wildman–Crippen LogP) is 3.65. The number of ketones is 2. The molecule has 2 aliphatic carbocycles. The molecule has 2 aromatic carbocycles. The van der Waals surface area contributed by atoms with Crippen molar-refractivity contribution in [2.24, 2.45) is 11.8 Å². The largest absolute Gasteiger partial charge is 0.349 e. The van der Waals surface area contributed by atoms with E-state index in [9.17, 15) is 23.6 Å². The number of likely N-dealkylation sites (tertiary alicyclic amines) is 1. The monoisotopic (exact) mass is 447 g/mol. The smallest absolute Gasteiger partial charge is 0.237 e. The van der Waals surface area contributed by atoms with E-state index in [0.717, 1.165) is 19.3 Å². The summed E-state index contributed by atoms with van der Waals surface area (Å²) in [6, 6.07) is 11.6. The summed E-state index contributed by atoms with van der Waals surface area (Å²) in [5, 5.41) is 0. The van der Waals surface area contributed by atoms with Gasteiger partial charge in [0.15, 0.2) is 0 Å². The van der Waals surface area contributed by atoms with E-state index in [-0.39, 0.29) is 17.2 Å². The highest BCUT2D eigenvalue weighted by molar-refractivity contribution is 6.35. The molecule has 0 N–H and O–H groups in total. The van der Waals surface area contributed by atoms with Gasteiger partial charge in [-0.15, -0.1) is 0 Å². The van der Waals surface area contributed by atoms with Crippen LogP contribution in [0.15, 0.2) is 48.5 Å². The van der Waals surface area contributed by atoms with Gasteiger partial charge in [0.05, 0.1) is 17.9 Å². The third kappa shape index (κ3) is 2.63. The Morgan fingerprint density at radius 2 is 1.42 bits per heavy atom. The number of ether oxygens (including phenoxy) is 1. The molecule has 3 fully saturated rings. The van der Waals surface area contributed by atoms with Crippen LogP contribution in [0.4, 0.5) is 4.39 Å². The van der Waals surface area contributed by atoms with E-state index in [4.69, 9.17) is 4.74 Å². The number of benzene rings is 2. The van der Waals surface area contributed by atoms with Crippen molar-refractivity contribution in [1.29, 1.82) is 0 Å². The van der Waals surface area contributed by atoms with Crippen LogP contribution in [-0.2, 0) is 14.3 Å². The van der Waals surface area contributed by atoms with Crippen LogP contribution in [0.25, 0.3) is 0 Å². The van der Waals surface area contributed by atoms with Gasteiger partial charge in [-0.05, 0) is 30.5 Å². The van der Waals surface area contributed by atoms with E-state index >= 15 is 0 Å². The maximum Gasteiger partial charge on any atom is 0.237 e. The van der Waals surface area contributed by atoms with E-state index in [1.807, 2.05) is 0 Å². The van der Waals surface area contributed by atoms with E-state index in [2.05, 4.69) is 0 Å². The second-order valence-corrected chi connectivity index (χ2v) is 9.37. The molecule has 6 rings (SSSR count). The summed E-state index contributed by atoms with van der Waals surface area (Å²) in [6.45, 7) is 0. The molecule has 1 spiro atoms. The minimum absolute atomic E-state index is 0.206. The third-order valence-corrected chi connectivity index (χ3v) is 7.69. The quantitative estimate of drug-likeness (QED) is 0.519. The number of hydrogen-bond acceptors (Lipinski definition) is 5. The standard InChI is InChI=1S/C26H22FNO5/c27-15-12-10-14(11-13-15)21-19-20(25(32)28(24(19)31)16-6-2-1-3-7-16)26(33-21)22(29)17-8-4-5-9-18(17)23(26)30/h4-5,8-13,16,19-21H,1-3,6-7H2/t19-,20+,21+/m1/s1. The molecule has 33 heavy (non-hydrogen) atoms. The molecule has 2 aliphatic heterocycles. The van der Waals surface area contributed by atoms with Crippen molar-refractivity contribution in [2.45, 2.75) is 49.9 Å². The number of nitrogens with zero attached hydrogens (tertiary/aromatic N) is 1. The average Bonchev–Trinajstić information content (AvgIpc) is 3.40. The van der Waals surface area contributed by atoms with Crippen molar-refractivity contribution in [2.75, 3.05) is 0 Å². The summed E-state index contributed by atoms with van der Waals surface area (Å²) in [5.41, 5.74) is -1.19. The molecule has 6 nitrogen and oxygen atoms in total. The first kappa shape index (κ1) is 20.4. The summed E-state index contributed by atoms with van der Waals surface area (Å²) in [7, 11) is 0. The summed E-state index contributed by atoms with van der Waals surface area (Å²) >= 11 is 0. The normalized spacial score (nSPS) is 28.6. The number of hydrogen-bond donors (Lipinski definition) is 0. The maximum atomic E-state index is 13.8. The Balaban J connectivity index is 1.50. The van der Waals surface area contributed by atoms with Crippen molar-refractivity contribution in [3.05, 3.63) is 71.0 Å². The fraction of sp³-hybridized carbons (Fsp3) is 0.385. The van der Waals surface area contributed by atoms with Crippen molar-refractivity contribution >= 4 is 23.4 Å². The van der Waals surface area contributed by atoms with Crippen LogP contribution in [0.3, 0.4) is 0 Å². The molecular weight excluding hydrogens is 425 g/mol. The highest BCUT2D eigenvalue weighted by Gasteiger charge is 2.75. The van der Waals surface area contributed by atoms with Gasteiger partial charge in [-0.25, -0.2) is 4.39 Å². The van der Waals surface area contributed by atoms with E-state index in [1.165, 1.54) is 29.2 Å². The molecule has 4 aliphatic rings.